The Morgan fingerprint density at radius 1 is 0.500 bits per heavy atom. The van der Waals surface area contributed by atoms with E-state index in [1.807, 2.05) is 6.92 Å². The molecule has 6 rings (SSSR count). The van der Waals surface area contributed by atoms with Crippen molar-refractivity contribution < 1.29 is 76.3 Å². The zero-order valence-electron chi connectivity index (χ0n) is 40.3. The third kappa shape index (κ3) is 22.1. The SMILES string of the molecule is C.CCCOCCOCCOCCOc1cccc2c1C(=O)N(C1CCC(=O)NC1=O)C2=O.NCCOCCOCCOCCOc1cccc2c1C(=O)N(C1CCC(=O)NC1=O)C2=O.S=S=S=S=S=S=S=S=S=S=S. The monoisotopic (exact) mass is 1270 g/mol. The van der Waals surface area contributed by atoms with Gasteiger partial charge < -0.3 is 43.6 Å². The van der Waals surface area contributed by atoms with Crippen molar-refractivity contribution in [2.75, 3.05) is 99.0 Å². The van der Waals surface area contributed by atoms with Crippen molar-refractivity contribution in [2.24, 2.45) is 5.73 Å². The van der Waals surface area contributed by atoms with Gasteiger partial charge in [-0.15, -0.1) is 0 Å². The molecule has 32 heteroatoms. The molecule has 0 aliphatic carbocycles. The highest BCUT2D eigenvalue weighted by Gasteiger charge is 2.47. The minimum atomic E-state index is -1.02. The summed E-state index contributed by atoms with van der Waals surface area (Å²) in [6.07, 6.45) is 1.31. The highest BCUT2D eigenvalue weighted by Crippen LogP contribution is 2.35. The molecule has 2 atom stereocenters. The zero-order chi connectivity index (χ0) is 54.2. The lowest BCUT2D eigenvalue weighted by Gasteiger charge is -2.27. The molecule has 21 nitrogen and oxygen atoms in total. The average molecular weight is 1270 g/mol. The molecule has 76 heavy (non-hydrogen) atoms. The van der Waals surface area contributed by atoms with E-state index < -0.39 is 59.3 Å². The fraction of sp³-hybridized carbons (Fsp3) is 0.545. The Kier molecular flexibility index (Phi) is 34.5. The molecule has 4 N–H and O–H groups in total. The van der Waals surface area contributed by atoms with Crippen molar-refractivity contribution in [2.45, 2.75) is 58.5 Å². The lowest BCUT2D eigenvalue weighted by atomic mass is 10.0. The number of imide groups is 4. The van der Waals surface area contributed by atoms with Crippen LogP contribution in [0.4, 0.5) is 0 Å². The van der Waals surface area contributed by atoms with Gasteiger partial charge in [0.2, 0.25) is 23.6 Å². The second kappa shape index (κ2) is 39.2. The molecule has 422 valence electrons. The Balaban J connectivity index is 0.000000331. The number of nitrogens with zero attached hydrogens (tertiary/aromatic N) is 2. The smallest absolute Gasteiger partial charge is 0.266 e. The highest BCUT2D eigenvalue weighted by atomic mass is 33.4. The first-order chi connectivity index (χ1) is 36.5. The maximum absolute atomic E-state index is 13.0. The van der Waals surface area contributed by atoms with E-state index in [1.54, 1.807) is 86.4 Å². The molecule has 0 saturated carbocycles. The maximum atomic E-state index is 13.0. The van der Waals surface area contributed by atoms with Crippen molar-refractivity contribution >= 4 is 150 Å². The predicted octanol–water partition coefficient (Wildman–Crippen LogP) is 1.01. The van der Waals surface area contributed by atoms with Crippen LogP contribution in [0, 0.1) is 0 Å². The van der Waals surface area contributed by atoms with Gasteiger partial charge in [0.05, 0.1) is 94.9 Å². The largest absolute Gasteiger partial charge is 0.490 e. The Labute approximate surface area is 475 Å². The van der Waals surface area contributed by atoms with E-state index in [1.165, 1.54) is 29.9 Å². The number of nitrogens with two attached hydrogens (primary N) is 1. The molecule has 2 aromatic rings. The van der Waals surface area contributed by atoms with Crippen molar-refractivity contribution in [3.63, 3.8) is 0 Å². The minimum absolute atomic E-state index is 0. The molecule has 0 radical (unpaired) electrons. The molecule has 0 bridgehead atoms. The average Bonchev–Trinajstić information content (AvgIpc) is 3.82. The first-order valence-corrected chi connectivity index (χ1v) is 36.2. The van der Waals surface area contributed by atoms with Crippen LogP contribution < -0.4 is 25.8 Å². The summed E-state index contributed by atoms with van der Waals surface area (Å²) in [6, 6.07) is 7.41. The molecule has 4 aliphatic heterocycles. The Hall–Kier alpha value is -3.26. The molecule has 2 aromatic carbocycles. The van der Waals surface area contributed by atoms with Crippen LogP contribution in [-0.4, -0.2) is 168 Å². The molecule has 0 aromatic heterocycles. The third-order valence-electron chi connectivity index (χ3n) is 10.2. The standard InChI is InChI=1S/C22H28N2O8.C21H27N3O8.CH4.S11/c1-2-8-29-9-10-30-11-12-31-13-14-32-17-5-3-4-15-19(17)22(28)24(21(15)27)16-6-7-18(25)23-20(16)26;22-6-7-29-8-9-30-10-11-31-12-13-32-16-3-1-2-14-18(16)21(28)24(20(14)27)15-4-5-17(25)23-19(15)26;;1-3-5-7-9-11-10-8-6-4-2/h3-5,16H,2,6-14H2,1H3,(H,23,25,26);1-3,15H,4-13,22H2,(H,23,25,26);1H4;. The number of amides is 8. The van der Waals surface area contributed by atoms with Crippen molar-refractivity contribution in [3.05, 3.63) is 58.7 Å². The molecular weight excluding hydrogens is 1210 g/mol. The summed E-state index contributed by atoms with van der Waals surface area (Å²) in [4.78, 5) is 100. The number of piperidine rings is 2. The Morgan fingerprint density at radius 2 is 0.842 bits per heavy atom. The summed E-state index contributed by atoms with van der Waals surface area (Å²) >= 11 is 9.35. The molecule has 2 saturated heterocycles. The number of ether oxygens (including phenoxy) is 8. The van der Waals surface area contributed by atoms with Crippen molar-refractivity contribution in [1.82, 2.24) is 20.4 Å². The lowest BCUT2D eigenvalue weighted by Crippen LogP contribution is -2.54. The van der Waals surface area contributed by atoms with E-state index >= 15 is 0 Å². The van der Waals surface area contributed by atoms with Crippen molar-refractivity contribution in [3.8, 4) is 11.5 Å². The summed E-state index contributed by atoms with van der Waals surface area (Å²) in [5, 5.41) is 4.35. The van der Waals surface area contributed by atoms with Crippen LogP contribution in [-0.2, 0) is 150 Å². The Bertz CT molecular complexity index is 2600. The van der Waals surface area contributed by atoms with Gasteiger partial charge in [0.1, 0.15) is 36.8 Å². The van der Waals surface area contributed by atoms with E-state index in [2.05, 4.69) is 33.0 Å². The number of hydrogen-bond donors (Lipinski definition) is 3. The van der Waals surface area contributed by atoms with Crippen LogP contribution in [0.2, 0.25) is 0 Å². The van der Waals surface area contributed by atoms with E-state index in [-0.39, 0.29) is 93.3 Å². The Morgan fingerprint density at radius 3 is 1.18 bits per heavy atom. The molecule has 0 spiro atoms. The van der Waals surface area contributed by atoms with Crippen molar-refractivity contribution in [1.29, 1.82) is 0 Å². The number of benzene rings is 2. The molecule has 8 amide bonds. The number of nitrogens with one attached hydrogen (secondary N) is 2. The quantitative estimate of drug-likeness (QED) is 0.0877. The molecular formula is C44H59N5O16S11. The fourth-order valence-electron chi connectivity index (χ4n) is 7.02. The lowest BCUT2D eigenvalue weighted by molar-refractivity contribution is -0.137. The van der Waals surface area contributed by atoms with Gasteiger partial charge in [-0.2, -0.15) is 0 Å². The zero-order valence-corrected chi connectivity index (χ0v) is 49.2. The third-order valence-corrected chi connectivity index (χ3v) is 27.9. The van der Waals surface area contributed by atoms with Crippen LogP contribution in [0.1, 0.15) is 87.9 Å². The molecule has 2 fully saturated rings. The number of fused-ring (bicyclic) bond motifs is 2. The van der Waals surface area contributed by atoms with Crippen LogP contribution in [0.5, 0.6) is 11.5 Å². The van der Waals surface area contributed by atoms with Gasteiger partial charge in [-0.25, -0.2) is 0 Å². The normalized spacial score (nSPS) is 16.3. The van der Waals surface area contributed by atoms with E-state index in [0.717, 1.165) is 22.8 Å². The summed E-state index contributed by atoms with van der Waals surface area (Å²) in [7, 11) is 14.5. The van der Waals surface area contributed by atoms with Crippen LogP contribution >= 0.6 is 0 Å². The summed E-state index contributed by atoms with van der Waals surface area (Å²) in [5.41, 5.74) is 5.90. The molecule has 2 unspecified atom stereocenters. The number of carbonyl (C=O) groups excluding carboxylic acids is 8. The van der Waals surface area contributed by atoms with E-state index in [4.69, 9.17) is 43.6 Å². The highest BCUT2D eigenvalue weighted by molar-refractivity contribution is 8.74. The molecule has 4 heterocycles. The summed E-state index contributed by atoms with van der Waals surface area (Å²) in [6.45, 7) is 8.21. The maximum Gasteiger partial charge on any atom is 0.266 e. The topological polar surface area (TPSA) is 267 Å². The molecule has 4 aliphatic rings. The van der Waals surface area contributed by atoms with Gasteiger partial charge in [0.25, 0.3) is 23.6 Å². The summed E-state index contributed by atoms with van der Waals surface area (Å²) in [5.74, 6) is -3.99. The van der Waals surface area contributed by atoms with Crippen LogP contribution in [0.25, 0.3) is 0 Å². The van der Waals surface area contributed by atoms with Gasteiger partial charge >= 0.3 is 0 Å². The van der Waals surface area contributed by atoms with Gasteiger partial charge in [0.15, 0.2) is 0 Å². The fourth-order valence-corrected chi connectivity index (χ4v) is 26.2. The van der Waals surface area contributed by atoms with Gasteiger partial charge in [-0.05, 0) is 43.5 Å². The van der Waals surface area contributed by atoms with E-state index in [0.29, 0.717) is 66.0 Å². The number of carbonyl (C=O) groups is 8. The first kappa shape index (κ1) is 67.0. The van der Waals surface area contributed by atoms with Gasteiger partial charge in [0, 0.05) is 128 Å². The first-order valence-electron chi connectivity index (χ1n) is 22.9. The van der Waals surface area contributed by atoms with Crippen LogP contribution in [0.15, 0.2) is 36.4 Å². The van der Waals surface area contributed by atoms with Crippen LogP contribution in [0.3, 0.4) is 0 Å². The van der Waals surface area contributed by atoms with Gasteiger partial charge in [-0.1, -0.05) is 26.5 Å². The van der Waals surface area contributed by atoms with Gasteiger partial charge in [-0.3, -0.25) is 58.8 Å². The van der Waals surface area contributed by atoms with E-state index in [9.17, 15) is 38.4 Å². The number of rotatable bonds is 26. The predicted molar refractivity (Wildman–Crippen MR) is 309 cm³/mol. The second-order valence-electron chi connectivity index (χ2n) is 15.0. The summed E-state index contributed by atoms with van der Waals surface area (Å²) < 4.78 is 43.5. The minimum Gasteiger partial charge on any atom is -0.490 e. The number of hydrogen-bond acceptors (Lipinski definition) is 19. The second-order valence-corrected chi connectivity index (χ2v) is 30.9.